The van der Waals surface area contributed by atoms with Crippen molar-refractivity contribution >= 4 is 17.5 Å². The molecule has 168 valence electrons. The van der Waals surface area contributed by atoms with Gasteiger partial charge in [-0.15, -0.1) is 0 Å². The van der Waals surface area contributed by atoms with Crippen LogP contribution in [0, 0.1) is 0 Å². The van der Waals surface area contributed by atoms with E-state index >= 15 is 0 Å². The molecular formula is C29H36N2O. The number of hydrogen-bond donors (Lipinski definition) is 1. The summed E-state index contributed by atoms with van der Waals surface area (Å²) in [6, 6.07) is 24.6. The normalized spacial score (nSPS) is 11.3. The van der Waals surface area contributed by atoms with E-state index in [-0.39, 0.29) is 0 Å². The molecule has 0 aliphatic heterocycles. The molecule has 0 fully saturated rings. The number of nitrogens with zero attached hydrogens (tertiary/aromatic N) is 2. The van der Waals surface area contributed by atoms with Gasteiger partial charge in [0, 0.05) is 37.6 Å². The topological polar surface area (TPSA) is 26.7 Å². The van der Waals surface area contributed by atoms with Crippen LogP contribution in [0.5, 0.6) is 0 Å². The summed E-state index contributed by atoms with van der Waals surface area (Å²) in [6.07, 6.45) is 1.82. The number of benzene rings is 3. The Bertz CT molecular complexity index is 927. The second-order valence-corrected chi connectivity index (χ2v) is 7.97. The van der Waals surface area contributed by atoms with Crippen LogP contribution in [-0.4, -0.2) is 31.3 Å². The van der Waals surface area contributed by atoms with Crippen molar-refractivity contribution in [1.29, 1.82) is 0 Å². The molecule has 0 heterocycles. The minimum Gasteiger partial charge on any atom is -0.376 e. The standard InChI is InChI=1S/C29H36N2O/c1-6-23-11-13-24(14-12-23)29(32,25-15-19-27(20-16-25)30(7-2)8-3)26-17-21-28(22-18-26)31(9-4)10-5/h6,11-22,32H,1,7-10H2,2-5H3. The Hall–Kier alpha value is -3.04. The van der Waals surface area contributed by atoms with Crippen molar-refractivity contribution in [3.8, 4) is 0 Å². The van der Waals surface area contributed by atoms with Crippen LogP contribution in [0.1, 0.15) is 49.9 Å². The van der Waals surface area contributed by atoms with Crippen LogP contribution in [0.2, 0.25) is 0 Å². The molecule has 32 heavy (non-hydrogen) atoms. The van der Waals surface area contributed by atoms with E-state index in [1.54, 1.807) is 0 Å². The van der Waals surface area contributed by atoms with Crippen molar-refractivity contribution in [3.05, 3.63) is 102 Å². The van der Waals surface area contributed by atoms with E-state index in [0.717, 1.165) is 48.4 Å². The van der Waals surface area contributed by atoms with Gasteiger partial charge < -0.3 is 14.9 Å². The lowest BCUT2D eigenvalue weighted by Gasteiger charge is -2.32. The average molecular weight is 429 g/mol. The molecule has 3 heteroatoms. The summed E-state index contributed by atoms with van der Waals surface area (Å²) in [6.45, 7) is 16.3. The van der Waals surface area contributed by atoms with E-state index in [1.165, 1.54) is 11.4 Å². The summed E-state index contributed by atoms with van der Waals surface area (Å²) >= 11 is 0. The SMILES string of the molecule is C=Cc1ccc(C(O)(c2ccc(N(CC)CC)cc2)c2ccc(N(CC)CC)cc2)cc1. The third kappa shape index (κ3) is 4.58. The summed E-state index contributed by atoms with van der Waals surface area (Å²) in [4.78, 5) is 4.61. The zero-order valence-corrected chi connectivity index (χ0v) is 19.9. The number of rotatable bonds is 10. The lowest BCUT2D eigenvalue weighted by molar-refractivity contribution is 0.126. The second kappa shape index (κ2) is 10.5. The Balaban J connectivity index is 2.10. The summed E-state index contributed by atoms with van der Waals surface area (Å²) in [5, 5.41) is 12.2. The Morgan fingerprint density at radius 1 is 0.625 bits per heavy atom. The Morgan fingerprint density at radius 3 is 1.22 bits per heavy atom. The van der Waals surface area contributed by atoms with Crippen LogP contribution in [0.25, 0.3) is 6.08 Å². The smallest absolute Gasteiger partial charge is 0.140 e. The zero-order valence-electron chi connectivity index (χ0n) is 19.9. The molecule has 0 spiro atoms. The molecule has 1 N–H and O–H groups in total. The number of anilines is 2. The van der Waals surface area contributed by atoms with E-state index in [9.17, 15) is 5.11 Å². The fourth-order valence-corrected chi connectivity index (χ4v) is 4.36. The van der Waals surface area contributed by atoms with Gasteiger partial charge in [-0.1, -0.05) is 61.2 Å². The van der Waals surface area contributed by atoms with Crippen LogP contribution >= 0.6 is 0 Å². The first-order valence-corrected chi connectivity index (χ1v) is 11.7. The predicted octanol–water partition coefficient (Wildman–Crippen LogP) is 6.31. The van der Waals surface area contributed by atoms with Gasteiger partial charge in [-0.3, -0.25) is 0 Å². The van der Waals surface area contributed by atoms with E-state index in [2.05, 4.69) is 68.3 Å². The molecule has 0 unspecified atom stereocenters. The van der Waals surface area contributed by atoms with Gasteiger partial charge in [0.1, 0.15) is 5.60 Å². The molecule has 3 aromatic carbocycles. The Morgan fingerprint density at radius 2 is 0.938 bits per heavy atom. The lowest BCUT2D eigenvalue weighted by Crippen LogP contribution is -2.29. The zero-order chi connectivity index (χ0) is 23.1. The van der Waals surface area contributed by atoms with Gasteiger partial charge >= 0.3 is 0 Å². The Kier molecular flexibility index (Phi) is 7.76. The molecule has 0 atom stereocenters. The molecule has 3 aromatic rings. The largest absolute Gasteiger partial charge is 0.376 e. The average Bonchev–Trinajstić information content (AvgIpc) is 2.86. The van der Waals surface area contributed by atoms with E-state index in [1.807, 2.05) is 54.6 Å². The fourth-order valence-electron chi connectivity index (χ4n) is 4.36. The molecule has 0 aliphatic carbocycles. The van der Waals surface area contributed by atoms with E-state index < -0.39 is 5.60 Å². The van der Waals surface area contributed by atoms with Crippen LogP contribution in [0.15, 0.2) is 79.4 Å². The predicted molar refractivity (Wildman–Crippen MR) is 139 cm³/mol. The highest BCUT2D eigenvalue weighted by molar-refractivity contribution is 5.57. The number of aliphatic hydroxyl groups is 1. The minimum absolute atomic E-state index is 0.842. The monoisotopic (exact) mass is 428 g/mol. The molecule has 0 saturated carbocycles. The van der Waals surface area contributed by atoms with Crippen molar-refractivity contribution in [2.45, 2.75) is 33.3 Å². The molecule has 0 saturated heterocycles. The first kappa shape index (κ1) is 23.6. The van der Waals surface area contributed by atoms with E-state index in [0.29, 0.717) is 0 Å². The molecule has 3 rings (SSSR count). The quantitative estimate of drug-likeness (QED) is 0.384. The third-order valence-electron chi connectivity index (χ3n) is 6.39. The third-order valence-corrected chi connectivity index (χ3v) is 6.39. The van der Waals surface area contributed by atoms with Crippen molar-refractivity contribution in [3.63, 3.8) is 0 Å². The Labute approximate surface area is 193 Å². The maximum absolute atomic E-state index is 12.2. The summed E-state index contributed by atoms with van der Waals surface area (Å²) < 4.78 is 0. The molecule has 0 radical (unpaired) electrons. The molecule has 0 bridgehead atoms. The summed E-state index contributed by atoms with van der Waals surface area (Å²) in [5.74, 6) is 0. The van der Waals surface area contributed by atoms with Gasteiger partial charge in [0.25, 0.3) is 0 Å². The first-order valence-electron chi connectivity index (χ1n) is 11.7. The van der Waals surface area contributed by atoms with Crippen LogP contribution < -0.4 is 9.80 Å². The van der Waals surface area contributed by atoms with Crippen molar-refractivity contribution < 1.29 is 5.11 Å². The second-order valence-electron chi connectivity index (χ2n) is 7.97. The van der Waals surface area contributed by atoms with E-state index in [4.69, 9.17) is 0 Å². The fraction of sp³-hybridized carbons (Fsp3) is 0.310. The van der Waals surface area contributed by atoms with Crippen molar-refractivity contribution in [1.82, 2.24) is 0 Å². The van der Waals surface area contributed by atoms with Crippen molar-refractivity contribution in [2.75, 3.05) is 36.0 Å². The maximum Gasteiger partial charge on any atom is 0.140 e. The minimum atomic E-state index is -1.25. The van der Waals surface area contributed by atoms with Gasteiger partial charge in [-0.25, -0.2) is 0 Å². The van der Waals surface area contributed by atoms with Gasteiger partial charge in [-0.2, -0.15) is 0 Å². The molecule has 0 aliphatic rings. The highest BCUT2D eigenvalue weighted by Gasteiger charge is 2.34. The molecule has 0 aromatic heterocycles. The van der Waals surface area contributed by atoms with Gasteiger partial charge in [0.05, 0.1) is 0 Å². The lowest BCUT2D eigenvalue weighted by atomic mass is 9.80. The van der Waals surface area contributed by atoms with Crippen LogP contribution in [-0.2, 0) is 5.60 Å². The van der Waals surface area contributed by atoms with Gasteiger partial charge in [-0.05, 0) is 74.2 Å². The molecular weight excluding hydrogens is 392 g/mol. The summed E-state index contributed by atoms with van der Waals surface area (Å²) in [5.41, 5.74) is 4.67. The number of hydrogen-bond acceptors (Lipinski definition) is 3. The maximum atomic E-state index is 12.2. The molecule has 0 amide bonds. The van der Waals surface area contributed by atoms with Gasteiger partial charge in [0.2, 0.25) is 0 Å². The molecule has 3 nitrogen and oxygen atoms in total. The highest BCUT2D eigenvalue weighted by Crippen LogP contribution is 2.38. The van der Waals surface area contributed by atoms with Crippen LogP contribution in [0.4, 0.5) is 11.4 Å². The van der Waals surface area contributed by atoms with Gasteiger partial charge in [0.15, 0.2) is 0 Å². The van der Waals surface area contributed by atoms with Crippen LogP contribution in [0.3, 0.4) is 0 Å². The first-order chi connectivity index (χ1) is 15.5. The highest BCUT2D eigenvalue weighted by atomic mass is 16.3. The summed E-state index contributed by atoms with van der Waals surface area (Å²) in [7, 11) is 0. The van der Waals surface area contributed by atoms with Crippen molar-refractivity contribution in [2.24, 2.45) is 0 Å².